The van der Waals surface area contributed by atoms with Crippen LogP contribution in [-0.4, -0.2) is 13.2 Å². The lowest BCUT2D eigenvalue weighted by Crippen LogP contribution is -2.44. The van der Waals surface area contributed by atoms with Crippen molar-refractivity contribution in [3.8, 4) is 5.75 Å². The van der Waals surface area contributed by atoms with Gasteiger partial charge in [-0.2, -0.15) is 8.78 Å². The SMILES string of the molecule is CC(C)(C)[Si](C)(C)Oc1ccc([N+](=O)[O-])c(F)c1F. The summed E-state index contributed by atoms with van der Waals surface area (Å²) in [5, 5.41) is 10.3. The van der Waals surface area contributed by atoms with Gasteiger partial charge >= 0.3 is 5.69 Å². The van der Waals surface area contributed by atoms with Crippen molar-refractivity contribution in [2.75, 3.05) is 0 Å². The Morgan fingerprint density at radius 3 is 2.16 bits per heavy atom. The van der Waals surface area contributed by atoms with Crippen molar-refractivity contribution in [2.24, 2.45) is 0 Å². The predicted molar refractivity (Wildman–Crippen MR) is 70.8 cm³/mol. The van der Waals surface area contributed by atoms with Gasteiger partial charge in [0.15, 0.2) is 0 Å². The first-order valence-corrected chi connectivity index (χ1v) is 8.69. The van der Waals surface area contributed by atoms with Crippen molar-refractivity contribution in [3.63, 3.8) is 0 Å². The summed E-state index contributed by atoms with van der Waals surface area (Å²) in [5.41, 5.74) is -0.889. The molecule has 0 N–H and O–H groups in total. The second kappa shape index (κ2) is 4.88. The maximum absolute atomic E-state index is 13.8. The smallest absolute Gasteiger partial charge is 0.308 e. The Morgan fingerprint density at radius 2 is 1.74 bits per heavy atom. The minimum Gasteiger partial charge on any atom is -0.541 e. The van der Waals surface area contributed by atoms with Crippen LogP contribution in [0, 0.1) is 21.7 Å². The molecule has 106 valence electrons. The van der Waals surface area contributed by atoms with E-state index in [1.165, 1.54) is 0 Å². The third kappa shape index (κ3) is 3.09. The van der Waals surface area contributed by atoms with E-state index < -0.39 is 30.6 Å². The summed E-state index contributed by atoms with van der Waals surface area (Å²) in [4.78, 5) is 9.53. The van der Waals surface area contributed by atoms with Crippen molar-refractivity contribution in [3.05, 3.63) is 33.9 Å². The fourth-order valence-corrected chi connectivity index (χ4v) is 2.18. The Kier molecular flexibility index (Phi) is 3.99. The van der Waals surface area contributed by atoms with Gasteiger partial charge in [-0.3, -0.25) is 10.1 Å². The lowest BCUT2D eigenvalue weighted by atomic mass is 10.2. The number of rotatable bonds is 3. The monoisotopic (exact) mass is 289 g/mol. The molecule has 0 aromatic heterocycles. The van der Waals surface area contributed by atoms with Crippen LogP contribution in [0.5, 0.6) is 5.75 Å². The van der Waals surface area contributed by atoms with Gasteiger partial charge in [-0.25, -0.2) is 0 Å². The summed E-state index contributed by atoms with van der Waals surface area (Å²) in [6.07, 6.45) is 0. The van der Waals surface area contributed by atoms with E-state index in [4.69, 9.17) is 4.43 Å². The second-order valence-electron chi connectivity index (χ2n) is 5.83. The van der Waals surface area contributed by atoms with Crippen LogP contribution in [0.4, 0.5) is 14.5 Å². The van der Waals surface area contributed by atoms with Crippen LogP contribution in [-0.2, 0) is 0 Å². The minimum atomic E-state index is -2.32. The number of halogens is 2. The van der Waals surface area contributed by atoms with E-state index in [1.54, 1.807) is 0 Å². The maximum Gasteiger partial charge on any atom is 0.308 e. The molecule has 1 aromatic carbocycles. The maximum atomic E-state index is 13.8. The van der Waals surface area contributed by atoms with Crippen LogP contribution in [0.25, 0.3) is 0 Å². The highest BCUT2D eigenvalue weighted by molar-refractivity contribution is 6.74. The first-order chi connectivity index (χ1) is 8.47. The quantitative estimate of drug-likeness (QED) is 0.474. The van der Waals surface area contributed by atoms with Crippen molar-refractivity contribution >= 4 is 14.0 Å². The highest BCUT2D eigenvalue weighted by atomic mass is 28.4. The molecule has 0 radical (unpaired) electrons. The van der Waals surface area contributed by atoms with Gasteiger partial charge in [0.05, 0.1) is 4.92 Å². The van der Waals surface area contributed by atoms with Gasteiger partial charge < -0.3 is 4.43 Å². The molecule has 1 aromatic rings. The molecule has 0 aliphatic carbocycles. The van der Waals surface area contributed by atoms with Gasteiger partial charge in [-0.15, -0.1) is 0 Å². The Labute approximate surface area is 111 Å². The zero-order chi connectivity index (χ0) is 15.0. The van der Waals surface area contributed by atoms with Crippen LogP contribution in [0.15, 0.2) is 12.1 Å². The third-order valence-corrected chi connectivity index (χ3v) is 7.74. The fourth-order valence-electron chi connectivity index (χ4n) is 1.17. The zero-order valence-electron chi connectivity index (χ0n) is 11.6. The van der Waals surface area contributed by atoms with Crippen LogP contribution in [0.1, 0.15) is 20.8 Å². The molecular weight excluding hydrogens is 272 g/mol. The van der Waals surface area contributed by atoms with Crippen LogP contribution in [0.3, 0.4) is 0 Å². The zero-order valence-corrected chi connectivity index (χ0v) is 12.6. The molecule has 0 heterocycles. The lowest BCUT2D eigenvalue weighted by molar-refractivity contribution is -0.387. The Morgan fingerprint density at radius 1 is 1.21 bits per heavy atom. The summed E-state index contributed by atoms with van der Waals surface area (Å²) in [7, 11) is -2.32. The first-order valence-electron chi connectivity index (χ1n) is 5.79. The molecule has 19 heavy (non-hydrogen) atoms. The topological polar surface area (TPSA) is 52.4 Å². The van der Waals surface area contributed by atoms with E-state index in [0.717, 1.165) is 12.1 Å². The summed E-state index contributed by atoms with van der Waals surface area (Å²) < 4.78 is 32.9. The number of benzene rings is 1. The summed E-state index contributed by atoms with van der Waals surface area (Å²) >= 11 is 0. The average molecular weight is 289 g/mol. The molecule has 0 saturated heterocycles. The van der Waals surface area contributed by atoms with Gasteiger partial charge in [0, 0.05) is 6.07 Å². The molecule has 0 unspecified atom stereocenters. The molecule has 0 aliphatic rings. The summed E-state index contributed by atoms with van der Waals surface area (Å²) in [6.45, 7) is 9.63. The van der Waals surface area contributed by atoms with Gasteiger partial charge in [0.1, 0.15) is 5.75 Å². The van der Waals surface area contributed by atoms with Gasteiger partial charge in [0.2, 0.25) is 11.6 Å². The summed E-state index contributed by atoms with van der Waals surface area (Å²) in [6, 6.07) is 2.03. The van der Waals surface area contributed by atoms with Gasteiger partial charge in [-0.05, 0) is 24.2 Å². The second-order valence-corrected chi connectivity index (χ2v) is 10.6. The van der Waals surface area contributed by atoms with Crippen LogP contribution < -0.4 is 4.43 Å². The third-order valence-electron chi connectivity index (χ3n) is 3.39. The van der Waals surface area contributed by atoms with Crippen molar-refractivity contribution in [1.82, 2.24) is 0 Å². The van der Waals surface area contributed by atoms with E-state index in [1.807, 2.05) is 33.9 Å². The van der Waals surface area contributed by atoms with E-state index in [-0.39, 0.29) is 10.8 Å². The molecular formula is C12H17F2NO3Si. The summed E-state index contributed by atoms with van der Waals surface area (Å²) in [5.74, 6) is -3.06. The van der Waals surface area contributed by atoms with E-state index >= 15 is 0 Å². The molecule has 7 heteroatoms. The molecule has 0 bridgehead atoms. The standard InChI is InChI=1S/C12H17F2NO3Si/c1-12(2,3)19(4,5)18-9-7-6-8(15(16)17)10(13)11(9)14/h6-7H,1-5H3. The van der Waals surface area contributed by atoms with E-state index in [9.17, 15) is 18.9 Å². The van der Waals surface area contributed by atoms with Crippen molar-refractivity contribution in [2.45, 2.75) is 38.9 Å². The number of nitrogens with zero attached hydrogens (tertiary/aromatic N) is 1. The molecule has 0 spiro atoms. The predicted octanol–water partition coefficient (Wildman–Crippen LogP) is 4.26. The minimum absolute atomic E-state index is 0.183. The largest absolute Gasteiger partial charge is 0.541 e. The molecule has 0 amide bonds. The number of hydrogen-bond acceptors (Lipinski definition) is 3. The Balaban J connectivity index is 3.19. The molecule has 0 atom stereocenters. The number of nitro benzene ring substituents is 1. The number of hydrogen-bond donors (Lipinski definition) is 0. The molecule has 4 nitrogen and oxygen atoms in total. The Bertz CT molecular complexity index is 512. The van der Waals surface area contributed by atoms with Crippen LogP contribution in [0.2, 0.25) is 18.1 Å². The molecule has 0 fully saturated rings. The van der Waals surface area contributed by atoms with Gasteiger partial charge in [-0.1, -0.05) is 20.8 Å². The fraction of sp³-hybridized carbons (Fsp3) is 0.500. The van der Waals surface area contributed by atoms with E-state index in [0.29, 0.717) is 0 Å². The Hall–Kier alpha value is -1.50. The highest BCUT2D eigenvalue weighted by Gasteiger charge is 2.40. The van der Waals surface area contributed by atoms with Crippen molar-refractivity contribution in [1.29, 1.82) is 0 Å². The van der Waals surface area contributed by atoms with E-state index in [2.05, 4.69) is 0 Å². The van der Waals surface area contributed by atoms with Crippen LogP contribution >= 0.6 is 0 Å². The molecule has 0 aliphatic heterocycles. The first kappa shape index (κ1) is 15.6. The number of nitro groups is 1. The van der Waals surface area contributed by atoms with Crippen molar-refractivity contribution < 1.29 is 18.1 Å². The highest BCUT2D eigenvalue weighted by Crippen LogP contribution is 2.39. The average Bonchev–Trinajstić information content (AvgIpc) is 2.22. The molecule has 1 rings (SSSR count). The molecule has 0 saturated carbocycles. The normalized spacial score (nSPS) is 12.4. The lowest BCUT2D eigenvalue weighted by Gasteiger charge is -2.36. The van der Waals surface area contributed by atoms with Gasteiger partial charge in [0.25, 0.3) is 8.32 Å².